The van der Waals surface area contributed by atoms with Gasteiger partial charge in [-0.1, -0.05) is 6.92 Å². The molecule has 154 valence electrons. The average Bonchev–Trinajstić information content (AvgIpc) is 3.08. The summed E-state index contributed by atoms with van der Waals surface area (Å²) in [5, 5.41) is 10.9. The molecule has 2 aliphatic rings. The number of rotatable bonds is 2. The van der Waals surface area contributed by atoms with E-state index >= 15 is 0 Å². The van der Waals surface area contributed by atoms with Crippen LogP contribution in [-0.4, -0.2) is 27.7 Å². The number of aliphatic hydroxyl groups is 1. The van der Waals surface area contributed by atoms with E-state index in [-0.39, 0.29) is 41.6 Å². The molecule has 1 N–H and O–H groups in total. The summed E-state index contributed by atoms with van der Waals surface area (Å²) >= 11 is 0. The number of benzene rings is 1. The summed E-state index contributed by atoms with van der Waals surface area (Å²) in [5.74, 6) is -3.08. The van der Waals surface area contributed by atoms with Crippen LogP contribution in [0.2, 0.25) is 0 Å². The molecule has 0 saturated carbocycles. The van der Waals surface area contributed by atoms with Crippen molar-refractivity contribution in [2.24, 2.45) is 0 Å². The minimum atomic E-state index is -1.94. The second-order valence-corrected chi connectivity index (χ2v) is 7.37. The van der Waals surface area contributed by atoms with Gasteiger partial charge in [-0.05, 0) is 18.6 Å². The van der Waals surface area contributed by atoms with E-state index in [1.165, 1.54) is 17.7 Å². The summed E-state index contributed by atoms with van der Waals surface area (Å²) in [4.78, 5) is 29.6. The van der Waals surface area contributed by atoms with Crippen molar-refractivity contribution in [3.8, 4) is 17.1 Å². The lowest BCUT2D eigenvalue weighted by molar-refractivity contribution is -0.172. The Morgan fingerprint density at radius 2 is 2.07 bits per heavy atom. The lowest BCUT2D eigenvalue weighted by atomic mass is 9.86. The topological polar surface area (TPSA) is 90.7 Å². The van der Waals surface area contributed by atoms with Crippen LogP contribution < -0.4 is 10.3 Å². The molecule has 0 aliphatic carbocycles. The lowest BCUT2D eigenvalue weighted by Gasteiger charge is -2.31. The molecule has 2 aromatic heterocycles. The van der Waals surface area contributed by atoms with Gasteiger partial charge in [-0.2, -0.15) is 0 Å². The molecule has 0 saturated heterocycles. The first kappa shape index (κ1) is 18.7. The molecule has 0 bridgehead atoms. The van der Waals surface area contributed by atoms with Crippen molar-refractivity contribution < 1.29 is 28.2 Å². The number of pyridine rings is 2. The van der Waals surface area contributed by atoms with Crippen LogP contribution in [0.25, 0.3) is 22.3 Å². The van der Waals surface area contributed by atoms with Gasteiger partial charge in [0.15, 0.2) is 23.0 Å². The molecular weight excluding hydrogens is 398 g/mol. The molecule has 0 unspecified atom stereocenters. The zero-order valence-electron chi connectivity index (χ0n) is 16.1. The number of fused-ring (bicyclic) bond motifs is 5. The van der Waals surface area contributed by atoms with Crippen LogP contribution in [0.15, 0.2) is 23.0 Å². The number of carbonyl (C=O) groups is 1. The number of hydrogen-bond donors (Lipinski definition) is 1. The highest BCUT2D eigenvalue weighted by Crippen LogP contribution is 2.39. The number of carbonyl (C=O) groups excluding carboxylic acids is 1. The van der Waals surface area contributed by atoms with E-state index in [2.05, 4.69) is 4.98 Å². The second-order valence-electron chi connectivity index (χ2n) is 7.37. The Balaban J connectivity index is 1.79. The Morgan fingerprint density at radius 1 is 1.30 bits per heavy atom. The SMILES string of the molecule is CC[C@@]1(O)C(=O)OCc2c1cc1n(c2=O)Cc2cc3c(F)c(OC)c(F)cc3nc2-1. The Hall–Kier alpha value is -3.33. The molecule has 0 fully saturated rings. The van der Waals surface area contributed by atoms with Crippen LogP contribution in [0.1, 0.15) is 30.0 Å². The van der Waals surface area contributed by atoms with E-state index in [1.54, 1.807) is 13.0 Å². The van der Waals surface area contributed by atoms with Gasteiger partial charge >= 0.3 is 5.97 Å². The Bertz CT molecular complexity index is 1330. The smallest absolute Gasteiger partial charge is 0.343 e. The maximum atomic E-state index is 14.7. The first-order valence-corrected chi connectivity index (χ1v) is 9.33. The molecule has 9 heteroatoms. The summed E-state index contributed by atoms with van der Waals surface area (Å²) in [6.45, 7) is 1.50. The Morgan fingerprint density at radius 3 is 2.77 bits per heavy atom. The van der Waals surface area contributed by atoms with Gasteiger partial charge in [-0.25, -0.2) is 18.6 Å². The molecule has 0 spiro atoms. The number of nitrogens with zero attached hydrogens (tertiary/aromatic N) is 2. The van der Waals surface area contributed by atoms with Gasteiger partial charge in [-0.15, -0.1) is 0 Å². The van der Waals surface area contributed by atoms with Gasteiger partial charge in [0, 0.05) is 22.6 Å². The fraction of sp³-hybridized carbons (Fsp3) is 0.286. The van der Waals surface area contributed by atoms with E-state index in [0.29, 0.717) is 17.0 Å². The molecule has 0 radical (unpaired) electrons. The fourth-order valence-corrected chi connectivity index (χ4v) is 4.22. The first-order valence-electron chi connectivity index (χ1n) is 9.33. The third kappa shape index (κ3) is 2.23. The van der Waals surface area contributed by atoms with Crippen LogP contribution in [0, 0.1) is 11.6 Å². The van der Waals surface area contributed by atoms with Gasteiger partial charge in [-0.3, -0.25) is 4.79 Å². The number of esters is 1. The number of halogens is 2. The van der Waals surface area contributed by atoms with Gasteiger partial charge in [0.2, 0.25) is 0 Å². The second kappa shape index (κ2) is 6.09. The van der Waals surface area contributed by atoms with E-state index in [4.69, 9.17) is 9.47 Å². The zero-order valence-corrected chi connectivity index (χ0v) is 16.1. The van der Waals surface area contributed by atoms with Crippen LogP contribution >= 0.6 is 0 Å². The number of aromatic nitrogens is 2. The Kier molecular flexibility index (Phi) is 3.79. The fourth-order valence-electron chi connectivity index (χ4n) is 4.22. The molecule has 0 amide bonds. The van der Waals surface area contributed by atoms with Crippen molar-refractivity contribution in [1.29, 1.82) is 0 Å². The molecule has 4 heterocycles. The minimum absolute atomic E-state index is 0.0238. The highest BCUT2D eigenvalue weighted by molar-refractivity contribution is 5.87. The van der Waals surface area contributed by atoms with Crippen molar-refractivity contribution in [2.75, 3.05) is 7.11 Å². The van der Waals surface area contributed by atoms with E-state index in [0.717, 1.165) is 6.07 Å². The number of methoxy groups -OCH3 is 1. The average molecular weight is 414 g/mol. The number of ether oxygens (including phenoxy) is 2. The molecule has 5 rings (SSSR count). The molecule has 2 aliphatic heterocycles. The van der Waals surface area contributed by atoms with Gasteiger partial charge in [0.1, 0.15) is 6.61 Å². The third-order valence-corrected chi connectivity index (χ3v) is 5.87. The van der Waals surface area contributed by atoms with E-state index in [9.17, 15) is 23.5 Å². The predicted molar refractivity (Wildman–Crippen MR) is 101 cm³/mol. The lowest BCUT2D eigenvalue weighted by Crippen LogP contribution is -2.44. The summed E-state index contributed by atoms with van der Waals surface area (Å²) < 4.78 is 40.1. The minimum Gasteiger partial charge on any atom is -0.491 e. The predicted octanol–water partition coefficient (Wildman–Crippen LogP) is 2.37. The van der Waals surface area contributed by atoms with Crippen LogP contribution in [0.3, 0.4) is 0 Å². The third-order valence-electron chi connectivity index (χ3n) is 5.87. The van der Waals surface area contributed by atoms with Gasteiger partial charge in [0.25, 0.3) is 5.56 Å². The molecule has 1 aromatic carbocycles. The van der Waals surface area contributed by atoms with Crippen LogP contribution in [-0.2, 0) is 28.3 Å². The monoisotopic (exact) mass is 414 g/mol. The van der Waals surface area contributed by atoms with Gasteiger partial charge < -0.3 is 19.1 Å². The number of cyclic esters (lactones) is 1. The zero-order chi connectivity index (χ0) is 21.4. The first-order chi connectivity index (χ1) is 14.3. The standard InChI is InChI=1S/C21H16F2N2O5/c1-3-21(28)12-5-15-17-9(7-25(15)19(26)11(12)8-30-20(21)27)4-10-14(24-17)6-13(22)18(29-2)16(10)23/h4-6,28H,3,7-8H2,1-2H3/t21-/m0/s1. The van der Waals surface area contributed by atoms with Crippen molar-refractivity contribution in [2.45, 2.75) is 32.1 Å². The molecule has 7 nitrogen and oxygen atoms in total. The maximum absolute atomic E-state index is 14.7. The van der Waals surface area contributed by atoms with Crippen molar-refractivity contribution in [3.63, 3.8) is 0 Å². The normalized spacial score (nSPS) is 19.3. The molecule has 3 aromatic rings. The van der Waals surface area contributed by atoms with Gasteiger partial charge in [0.05, 0.1) is 36.1 Å². The quantitative estimate of drug-likeness (QED) is 0.507. The molecule has 30 heavy (non-hydrogen) atoms. The summed E-state index contributed by atoms with van der Waals surface area (Å²) in [6.07, 6.45) is 0.0238. The van der Waals surface area contributed by atoms with Crippen LogP contribution in [0.4, 0.5) is 8.78 Å². The maximum Gasteiger partial charge on any atom is 0.343 e. The van der Waals surface area contributed by atoms with E-state index in [1.807, 2.05) is 0 Å². The van der Waals surface area contributed by atoms with Crippen molar-refractivity contribution in [1.82, 2.24) is 9.55 Å². The highest BCUT2D eigenvalue weighted by Gasteiger charge is 2.45. The Labute approximate surface area is 168 Å². The van der Waals surface area contributed by atoms with Crippen molar-refractivity contribution in [3.05, 3.63) is 56.9 Å². The summed E-state index contributed by atoms with van der Waals surface area (Å²) in [6, 6.07) is 4.12. The van der Waals surface area contributed by atoms with Crippen LogP contribution in [0.5, 0.6) is 5.75 Å². The van der Waals surface area contributed by atoms with E-state index < -0.39 is 34.5 Å². The summed E-state index contributed by atoms with van der Waals surface area (Å²) in [5.41, 5.74) is -0.632. The largest absolute Gasteiger partial charge is 0.491 e. The molecular formula is C21H16F2N2O5. The molecule has 1 atom stereocenters. The highest BCUT2D eigenvalue weighted by atomic mass is 19.1. The number of hydrogen-bond acceptors (Lipinski definition) is 6. The summed E-state index contributed by atoms with van der Waals surface area (Å²) in [7, 11) is 1.17. The van der Waals surface area contributed by atoms with Crippen molar-refractivity contribution >= 4 is 16.9 Å².